The van der Waals surface area contributed by atoms with Crippen molar-refractivity contribution in [1.29, 1.82) is 0 Å². The number of anilines is 1. The van der Waals surface area contributed by atoms with Gasteiger partial charge >= 0.3 is 0 Å². The van der Waals surface area contributed by atoms with Crippen LogP contribution in [0.3, 0.4) is 0 Å². The van der Waals surface area contributed by atoms with Gasteiger partial charge in [0.2, 0.25) is 5.91 Å². The number of carbonyl (C=O) groups is 1. The van der Waals surface area contributed by atoms with Gasteiger partial charge in [0.15, 0.2) is 0 Å². The zero-order valence-electron chi connectivity index (χ0n) is 13.8. The highest BCUT2D eigenvalue weighted by Crippen LogP contribution is 2.11. The summed E-state index contributed by atoms with van der Waals surface area (Å²) in [6, 6.07) is 19.6. The summed E-state index contributed by atoms with van der Waals surface area (Å²) in [5, 5.41) is 0. The monoisotopic (exact) mass is 312 g/mol. The third kappa shape index (κ3) is 5.66. The second kappa shape index (κ2) is 8.83. The molecule has 0 N–H and O–H groups in total. The highest BCUT2D eigenvalue weighted by molar-refractivity contribution is 5.81. The molecule has 2 rings (SSSR count). The fraction of sp³-hybridized carbons (Fsp3) is 0.316. The molecule has 0 unspecified atom stereocenters. The molecule has 0 aliphatic carbocycles. The fourth-order valence-electron chi connectivity index (χ4n) is 2.23. The van der Waals surface area contributed by atoms with Crippen molar-refractivity contribution >= 4 is 11.6 Å². The molecular weight excluding hydrogens is 288 g/mol. The van der Waals surface area contributed by atoms with Crippen LogP contribution in [-0.4, -0.2) is 44.6 Å². The van der Waals surface area contributed by atoms with Gasteiger partial charge in [-0.3, -0.25) is 4.79 Å². The van der Waals surface area contributed by atoms with Crippen LogP contribution in [0.25, 0.3) is 0 Å². The Morgan fingerprint density at radius 3 is 2.22 bits per heavy atom. The molecule has 122 valence electrons. The number of hydrogen-bond donors (Lipinski definition) is 0. The van der Waals surface area contributed by atoms with E-state index in [1.807, 2.05) is 79.7 Å². The van der Waals surface area contributed by atoms with Crippen LogP contribution >= 0.6 is 0 Å². The first-order valence-electron chi connectivity index (χ1n) is 7.85. The van der Waals surface area contributed by atoms with Crippen LogP contribution in [0, 0.1) is 0 Å². The smallest absolute Gasteiger partial charge is 0.241 e. The first-order valence-corrected chi connectivity index (χ1v) is 7.85. The molecule has 2 aromatic rings. The molecule has 23 heavy (non-hydrogen) atoms. The normalized spacial score (nSPS) is 10.2. The van der Waals surface area contributed by atoms with E-state index in [2.05, 4.69) is 0 Å². The highest BCUT2D eigenvalue weighted by Gasteiger charge is 2.11. The Balaban J connectivity index is 1.68. The molecule has 0 atom stereocenters. The number of benzene rings is 2. The average Bonchev–Trinajstić information content (AvgIpc) is 2.60. The minimum absolute atomic E-state index is 0.107. The van der Waals surface area contributed by atoms with Gasteiger partial charge in [-0.05, 0) is 30.7 Å². The topological polar surface area (TPSA) is 32.8 Å². The minimum atomic E-state index is 0.107. The van der Waals surface area contributed by atoms with Gasteiger partial charge in [0.1, 0.15) is 5.75 Å². The quantitative estimate of drug-likeness (QED) is 0.702. The molecule has 2 aromatic carbocycles. The van der Waals surface area contributed by atoms with Crippen molar-refractivity contribution in [3.05, 3.63) is 60.7 Å². The SMILES string of the molecule is CN(CCCOc1ccccc1)C(=O)CN(C)c1ccccc1. The average molecular weight is 312 g/mol. The van der Waals surface area contributed by atoms with E-state index in [0.717, 1.165) is 17.9 Å². The van der Waals surface area contributed by atoms with Gasteiger partial charge in [-0.25, -0.2) is 0 Å². The van der Waals surface area contributed by atoms with E-state index < -0.39 is 0 Å². The maximum atomic E-state index is 12.2. The summed E-state index contributed by atoms with van der Waals surface area (Å²) in [6.07, 6.45) is 0.812. The van der Waals surface area contributed by atoms with Gasteiger partial charge in [-0.2, -0.15) is 0 Å². The molecule has 0 aromatic heterocycles. The number of amides is 1. The summed E-state index contributed by atoms with van der Waals surface area (Å²) < 4.78 is 5.64. The van der Waals surface area contributed by atoms with Crippen molar-refractivity contribution in [2.75, 3.05) is 38.7 Å². The van der Waals surface area contributed by atoms with Gasteiger partial charge in [-0.15, -0.1) is 0 Å². The van der Waals surface area contributed by atoms with E-state index in [4.69, 9.17) is 4.74 Å². The van der Waals surface area contributed by atoms with E-state index >= 15 is 0 Å². The van der Waals surface area contributed by atoms with Crippen molar-refractivity contribution in [1.82, 2.24) is 4.90 Å². The maximum absolute atomic E-state index is 12.2. The third-order valence-corrected chi connectivity index (χ3v) is 3.64. The van der Waals surface area contributed by atoms with Crippen LogP contribution in [0.15, 0.2) is 60.7 Å². The Labute approximate surface area is 138 Å². The van der Waals surface area contributed by atoms with Crippen LogP contribution in [-0.2, 0) is 4.79 Å². The lowest BCUT2D eigenvalue weighted by atomic mass is 10.3. The Bertz CT molecular complexity index is 587. The Hall–Kier alpha value is -2.49. The molecular formula is C19H24N2O2. The van der Waals surface area contributed by atoms with Gasteiger partial charge in [0.25, 0.3) is 0 Å². The van der Waals surface area contributed by atoms with Crippen LogP contribution in [0.4, 0.5) is 5.69 Å². The highest BCUT2D eigenvalue weighted by atomic mass is 16.5. The van der Waals surface area contributed by atoms with Crippen LogP contribution < -0.4 is 9.64 Å². The van der Waals surface area contributed by atoms with Crippen molar-refractivity contribution in [3.63, 3.8) is 0 Å². The van der Waals surface area contributed by atoms with Crippen LogP contribution in [0.5, 0.6) is 5.75 Å². The second-order valence-electron chi connectivity index (χ2n) is 5.52. The van der Waals surface area contributed by atoms with Gasteiger partial charge < -0.3 is 14.5 Å². The van der Waals surface area contributed by atoms with E-state index in [-0.39, 0.29) is 5.91 Å². The van der Waals surface area contributed by atoms with Gasteiger partial charge in [0.05, 0.1) is 13.2 Å². The first kappa shape index (κ1) is 16.9. The molecule has 0 heterocycles. The van der Waals surface area contributed by atoms with Crippen molar-refractivity contribution in [2.24, 2.45) is 0 Å². The Morgan fingerprint density at radius 2 is 1.57 bits per heavy atom. The molecule has 0 fully saturated rings. The first-order chi connectivity index (χ1) is 11.2. The molecule has 4 nitrogen and oxygen atoms in total. The number of rotatable bonds is 8. The molecule has 0 saturated heterocycles. The lowest BCUT2D eigenvalue weighted by Gasteiger charge is -2.23. The van der Waals surface area contributed by atoms with Gasteiger partial charge in [-0.1, -0.05) is 36.4 Å². The zero-order chi connectivity index (χ0) is 16.5. The molecule has 1 amide bonds. The maximum Gasteiger partial charge on any atom is 0.241 e. The molecule has 0 spiro atoms. The van der Waals surface area contributed by atoms with Gasteiger partial charge in [0, 0.05) is 26.3 Å². The van der Waals surface area contributed by atoms with E-state index in [1.165, 1.54) is 0 Å². The van der Waals surface area contributed by atoms with E-state index in [1.54, 1.807) is 4.90 Å². The number of nitrogens with zero attached hydrogens (tertiary/aromatic N) is 2. The predicted octanol–water partition coefficient (Wildman–Crippen LogP) is 3.05. The van der Waals surface area contributed by atoms with E-state index in [9.17, 15) is 4.79 Å². The summed E-state index contributed by atoms with van der Waals surface area (Å²) in [7, 11) is 3.77. The molecule has 0 aliphatic rings. The van der Waals surface area contributed by atoms with Crippen molar-refractivity contribution in [3.8, 4) is 5.75 Å². The lowest BCUT2D eigenvalue weighted by molar-refractivity contribution is -0.128. The summed E-state index contributed by atoms with van der Waals surface area (Å²) in [5.74, 6) is 0.973. The van der Waals surface area contributed by atoms with E-state index in [0.29, 0.717) is 19.7 Å². The zero-order valence-corrected chi connectivity index (χ0v) is 13.8. The van der Waals surface area contributed by atoms with Crippen molar-refractivity contribution < 1.29 is 9.53 Å². The standard InChI is InChI=1S/C19H24N2O2/c1-20(14-9-15-23-18-12-7-4-8-13-18)19(22)16-21(2)17-10-5-3-6-11-17/h3-8,10-13H,9,14-16H2,1-2H3. The number of ether oxygens (including phenoxy) is 1. The molecule has 0 aliphatic heterocycles. The summed E-state index contributed by atoms with van der Waals surface area (Å²) in [6.45, 7) is 1.67. The Kier molecular flexibility index (Phi) is 6.48. The minimum Gasteiger partial charge on any atom is -0.494 e. The fourth-order valence-corrected chi connectivity index (χ4v) is 2.23. The second-order valence-corrected chi connectivity index (χ2v) is 5.52. The molecule has 4 heteroatoms. The van der Waals surface area contributed by atoms with Crippen LogP contribution in [0.1, 0.15) is 6.42 Å². The number of para-hydroxylation sites is 2. The number of hydrogen-bond acceptors (Lipinski definition) is 3. The van der Waals surface area contributed by atoms with Crippen LogP contribution in [0.2, 0.25) is 0 Å². The number of likely N-dealkylation sites (N-methyl/N-ethyl adjacent to an activating group) is 2. The lowest BCUT2D eigenvalue weighted by Crippen LogP contribution is -2.37. The van der Waals surface area contributed by atoms with Crippen molar-refractivity contribution in [2.45, 2.75) is 6.42 Å². The summed E-state index contributed by atoms with van der Waals surface area (Å²) in [5.41, 5.74) is 1.04. The molecule has 0 radical (unpaired) electrons. The summed E-state index contributed by atoms with van der Waals surface area (Å²) >= 11 is 0. The predicted molar refractivity (Wildman–Crippen MR) is 93.9 cm³/mol. The Morgan fingerprint density at radius 1 is 0.957 bits per heavy atom. The summed E-state index contributed by atoms with van der Waals surface area (Å²) in [4.78, 5) is 15.9. The third-order valence-electron chi connectivity index (χ3n) is 3.64. The molecule has 0 bridgehead atoms. The number of carbonyl (C=O) groups excluding carboxylic acids is 1. The largest absolute Gasteiger partial charge is 0.494 e. The molecule has 0 saturated carbocycles.